The molecular formula is C22H25I2NO5. The molecule has 1 amide bonds. The Morgan fingerprint density at radius 1 is 1.03 bits per heavy atom. The summed E-state index contributed by atoms with van der Waals surface area (Å²) in [6.07, 6.45) is 0.945. The molecule has 1 unspecified atom stereocenters. The number of halogens is 2. The Bertz CT molecular complexity index is 884. The highest BCUT2D eigenvalue weighted by atomic mass is 127. The molecule has 0 bridgehead atoms. The second kappa shape index (κ2) is 10.7. The topological polar surface area (TPSA) is 95.9 Å². The number of amides is 1. The summed E-state index contributed by atoms with van der Waals surface area (Å²) in [7, 11) is 0. The van der Waals surface area contributed by atoms with Gasteiger partial charge in [-0.3, -0.25) is 4.79 Å². The normalized spacial score (nSPS) is 12.3. The number of carbonyl (C=O) groups is 2. The van der Waals surface area contributed by atoms with Crippen molar-refractivity contribution in [1.82, 2.24) is 5.32 Å². The van der Waals surface area contributed by atoms with Crippen molar-refractivity contribution in [1.29, 1.82) is 0 Å². The molecule has 30 heavy (non-hydrogen) atoms. The van der Waals surface area contributed by atoms with Crippen LogP contribution in [0.2, 0.25) is 0 Å². The van der Waals surface area contributed by atoms with E-state index in [1.54, 1.807) is 32.9 Å². The molecule has 2 aromatic rings. The van der Waals surface area contributed by atoms with Gasteiger partial charge in [0.05, 0.1) is 7.14 Å². The van der Waals surface area contributed by atoms with E-state index in [0.29, 0.717) is 6.42 Å². The Balaban J connectivity index is 2.07. The minimum atomic E-state index is -0.832. The zero-order chi connectivity index (χ0) is 22.5. The Morgan fingerprint density at radius 2 is 1.60 bits per heavy atom. The molecule has 2 aromatic carbocycles. The number of benzene rings is 2. The summed E-state index contributed by atoms with van der Waals surface area (Å²) in [6, 6.07) is 9.34. The molecule has 0 heterocycles. The van der Waals surface area contributed by atoms with Gasteiger partial charge in [-0.15, -0.1) is 0 Å². The van der Waals surface area contributed by atoms with E-state index in [9.17, 15) is 19.8 Å². The Labute approximate surface area is 203 Å². The third-order valence-corrected chi connectivity index (χ3v) is 5.76. The number of aryl methyl sites for hydroxylation is 1. The van der Waals surface area contributed by atoms with Crippen molar-refractivity contribution < 1.29 is 24.5 Å². The highest BCUT2D eigenvalue weighted by Crippen LogP contribution is 2.27. The molecule has 8 heteroatoms. The maximum absolute atomic E-state index is 12.7. The summed E-state index contributed by atoms with van der Waals surface area (Å²) in [5, 5.41) is 22.1. The number of ether oxygens (including phenoxy) is 1. The number of hydrogen-bond acceptors (Lipinski definition) is 5. The van der Waals surface area contributed by atoms with E-state index < -0.39 is 17.6 Å². The summed E-state index contributed by atoms with van der Waals surface area (Å²) in [5.74, 6) is -0.390. The fraction of sp³-hybridized carbons (Fsp3) is 0.364. The van der Waals surface area contributed by atoms with Crippen LogP contribution in [-0.4, -0.2) is 33.7 Å². The van der Waals surface area contributed by atoms with Crippen LogP contribution in [0.4, 0.5) is 0 Å². The minimum Gasteiger partial charge on any atom is -0.508 e. The zero-order valence-corrected chi connectivity index (χ0v) is 21.4. The highest BCUT2D eigenvalue weighted by Gasteiger charge is 2.27. The Morgan fingerprint density at radius 3 is 2.13 bits per heavy atom. The van der Waals surface area contributed by atoms with E-state index in [1.807, 2.05) is 12.1 Å². The van der Waals surface area contributed by atoms with E-state index in [1.165, 1.54) is 12.1 Å². The second-order valence-corrected chi connectivity index (χ2v) is 10.3. The Hall–Kier alpha value is -1.56. The van der Waals surface area contributed by atoms with Gasteiger partial charge in [0.15, 0.2) is 0 Å². The van der Waals surface area contributed by atoms with Crippen LogP contribution >= 0.6 is 45.2 Å². The Kier molecular flexibility index (Phi) is 8.77. The molecule has 0 radical (unpaired) electrons. The third-order valence-electron chi connectivity index (χ3n) is 4.12. The van der Waals surface area contributed by atoms with Crippen LogP contribution in [0, 0.1) is 7.14 Å². The third kappa shape index (κ3) is 7.93. The maximum atomic E-state index is 12.7. The molecule has 0 aromatic heterocycles. The summed E-state index contributed by atoms with van der Waals surface area (Å²) in [6.45, 7) is 5.33. The first-order valence-electron chi connectivity index (χ1n) is 9.41. The number of hydrogen-bond donors (Lipinski definition) is 3. The number of phenols is 2. The fourth-order valence-corrected chi connectivity index (χ4v) is 4.62. The van der Waals surface area contributed by atoms with E-state index in [4.69, 9.17) is 4.74 Å². The quantitative estimate of drug-likeness (QED) is 0.311. The van der Waals surface area contributed by atoms with Crippen LogP contribution < -0.4 is 5.32 Å². The smallest absolute Gasteiger partial charge is 0.329 e. The minimum absolute atomic E-state index is 0.134. The van der Waals surface area contributed by atoms with E-state index in [2.05, 4.69) is 50.5 Å². The molecule has 2 rings (SSSR count). The lowest BCUT2D eigenvalue weighted by atomic mass is 10.0. The molecular weight excluding hydrogens is 612 g/mol. The molecule has 0 spiro atoms. The van der Waals surface area contributed by atoms with Gasteiger partial charge in [-0.1, -0.05) is 12.1 Å². The van der Waals surface area contributed by atoms with Crippen molar-refractivity contribution in [2.75, 3.05) is 0 Å². The van der Waals surface area contributed by atoms with Crippen LogP contribution in [0.5, 0.6) is 11.5 Å². The standard InChI is InChI=1S/C22H25I2NO5/c1-22(2,3)30-21(29)18(12-13-4-7-15(26)8-5-13)25-19(27)9-6-14-10-16(23)20(28)17(24)11-14/h4-5,7-8,10-11,18,26,28H,6,9,12H2,1-3H3,(H,25,27). The van der Waals surface area contributed by atoms with Gasteiger partial charge in [-0.25, -0.2) is 4.79 Å². The first-order chi connectivity index (χ1) is 13.9. The number of carbonyl (C=O) groups excluding carboxylic acids is 2. The molecule has 0 aliphatic carbocycles. The molecule has 3 N–H and O–H groups in total. The van der Waals surface area contributed by atoms with Crippen LogP contribution in [0.15, 0.2) is 36.4 Å². The van der Waals surface area contributed by atoms with Gasteiger partial charge in [0.2, 0.25) is 5.91 Å². The van der Waals surface area contributed by atoms with Gasteiger partial charge < -0.3 is 20.3 Å². The first-order valence-corrected chi connectivity index (χ1v) is 11.6. The SMILES string of the molecule is CC(C)(C)OC(=O)C(Cc1ccc(O)cc1)NC(=O)CCc1cc(I)c(O)c(I)c1. The predicted octanol–water partition coefficient (Wildman–Crippen LogP) is 4.31. The summed E-state index contributed by atoms with van der Waals surface area (Å²) in [5.41, 5.74) is 1.06. The molecule has 0 aliphatic rings. The number of esters is 1. The number of rotatable bonds is 7. The van der Waals surface area contributed by atoms with Gasteiger partial charge >= 0.3 is 5.97 Å². The van der Waals surface area contributed by atoms with Crippen LogP contribution in [-0.2, 0) is 27.2 Å². The van der Waals surface area contributed by atoms with Crippen molar-refractivity contribution in [3.8, 4) is 11.5 Å². The molecule has 0 aliphatic heterocycles. The molecule has 162 valence electrons. The highest BCUT2D eigenvalue weighted by molar-refractivity contribution is 14.1. The molecule has 0 fully saturated rings. The maximum Gasteiger partial charge on any atom is 0.329 e. The predicted molar refractivity (Wildman–Crippen MR) is 131 cm³/mol. The van der Waals surface area contributed by atoms with Gasteiger partial charge in [0.1, 0.15) is 23.1 Å². The van der Waals surface area contributed by atoms with Crippen molar-refractivity contribution in [3.63, 3.8) is 0 Å². The van der Waals surface area contributed by atoms with Gasteiger partial charge in [-0.05, 0) is 108 Å². The first kappa shape index (κ1) is 24.7. The van der Waals surface area contributed by atoms with Crippen LogP contribution in [0.1, 0.15) is 38.3 Å². The van der Waals surface area contributed by atoms with Crippen molar-refractivity contribution in [2.45, 2.75) is 51.7 Å². The van der Waals surface area contributed by atoms with E-state index in [-0.39, 0.29) is 30.2 Å². The van der Waals surface area contributed by atoms with Gasteiger partial charge in [0, 0.05) is 12.8 Å². The van der Waals surface area contributed by atoms with E-state index in [0.717, 1.165) is 18.3 Å². The average Bonchev–Trinajstić information content (AvgIpc) is 2.64. The fourth-order valence-electron chi connectivity index (χ4n) is 2.72. The summed E-state index contributed by atoms with van der Waals surface area (Å²) >= 11 is 4.11. The number of nitrogens with one attached hydrogen (secondary N) is 1. The van der Waals surface area contributed by atoms with Gasteiger partial charge in [-0.2, -0.15) is 0 Å². The molecule has 1 atom stereocenters. The monoisotopic (exact) mass is 637 g/mol. The lowest BCUT2D eigenvalue weighted by Crippen LogP contribution is -2.45. The zero-order valence-electron chi connectivity index (χ0n) is 17.0. The van der Waals surface area contributed by atoms with Crippen molar-refractivity contribution in [2.24, 2.45) is 0 Å². The largest absolute Gasteiger partial charge is 0.508 e. The van der Waals surface area contributed by atoms with E-state index >= 15 is 0 Å². The lowest BCUT2D eigenvalue weighted by Gasteiger charge is -2.24. The van der Waals surface area contributed by atoms with Crippen LogP contribution in [0.25, 0.3) is 0 Å². The lowest BCUT2D eigenvalue weighted by molar-refractivity contribution is -0.158. The molecule has 0 saturated heterocycles. The van der Waals surface area contributed by atoms with Crippen molar-refractivity contribution in [3.05, 3.63) is 54.7 Å². The molecule has 0 saturated carbocycles. The van der Waals surface area contributed by atoms with Crippen LogP contribution in [0.3, 0.4) is 0 Å². The second-order valence-electron chi connectivity index (χ2n) is 7.93. The van der Waals surface area contributed by atoms with Crippen molar-refractivity contribution >= 4 is 57.1 Å². The number of phenolic OH excluding ortho intramolecular Hbond substituents is 2. The summed E-state index contributed by atoms with van der Waals surface area (Å²) in [4.78, 5) is 25.2. The number of aromatic hydroxyl groups is 2. The van der Waals surface area contributed by atoms with Gasteiger partial charge in [0.25, 0.3) is 0 Å². The average molecular weight is 637 g/mol. The molecule has 6 nitrogen and oxygen atoms in total. The summed E-state index contributed by atoms with van der Waals surface area (Å²) < 4.78 is 6.93.